The van der Waals surface area contributed by atoms with Crippen molar-refractivity contribution < 1.29 is 4.42 Å². The van der Waals surface area contributed by atoms with E-state index in [2.05, 4.69) is 241 Å². The van der Waals surface area contributed by atoms with Gasteiger partial charge in [0.25, 0.3) is 0 Å². The molecule has 0 saturated carbocycles. The lowest BCUT2D eigenvalue weighted by molar-refractivity contribution is 0.674. The quantitative estimate of drug-likeness (QED) is 0.160. The first-order valence-corrected chi connectivity index (χ1v) is 21.0. The third-order valence-corrected chi connectivity index (χ3v) is 12.8. The van der Waals surface area contributed by atoms with Gasteiger partial charge in [0, 0.05) is 38.8 Å². The first-order chi connectivity index (χ1) is 30.3. The molecule has 0 amide bonds. The van der Waals surface area contributed by atoms with E-state index in [0.717, 1.165) is 55.5 Å². The fourth-order valence-electron chi connectivity index (χ4n) is 10.1. The second kappa shape index (κ2) is 14.1. The van der Waals surface area contributed by atoms with E-state index < -0.39 is 5.41 Å². The summed E-state index contributed by atoms with van der Waals surface area (Å²) in [5.41, 5.74) is 17.0. The molecule has 2 heteroatoms. The highest BCUT2D eigenvalue weighted by Crippen LogP contribution is 2.58. The highest BCUT2D eigenvalue weighted by atomic mass is 16.3. The van der Waals surface area contributed by atoms with Gasteiger partial charge in [-0.25, -0.2) is 0 Å². The van der Waals surface area contributed by atoms with Crippen molar-refractivity contribution in [1.29, 1.82) is 0 Å². The molecule has 1 aliphatic rings. The van der Waals surface area contributed by atoms with Gasteiger partial charge in [-0.3, -0.25) is 0 Å². The van der Waals surface area contributed by atoms with Gasteiger partial charge in [0.05, 0.1) is 5.41 Å². The van der Waals surface area contributed by atoms with Crippen LogP contribution in [0.25, 0.3) is 66.1 Å². The molecule has 0 atom stereocenters. The molecule has 0 unspecified atom stereocenters. The molecule has 10 aromatic carbocycles. The van der Waals surface area contributed by atoms with Crippen molar-refractivity contribution in [3.8, 4) is 33.4 Å². The standard InChI is InChI=1S/C59H39NO/c1-4-17-43(18-5-1)59(44-19-6-2-7-20-44)54-28-13-12-24-53(54)56-48(25-15-29-55(56)59)41-30-35-46(36-31-41)60(45-21-8-3-9-22-45)47-37-32-42(33-38-47)50-26-14-27-51-52-39-34-40-16-10-11-23-49(40)58(52)61-57(50)51/h1-39H. The Morgan fingerprint density at radius 1 is 0.311 bits per heavy atom. The van der Waals surface area contributed by atoms with Crippen LogP contribution >= 0.6 is 0 Å². The van der Waals surface area contributed by atoms with E-state index in [4.69, 9.17) is 4.42 Å². The topological polar surface area (TPSA) is 16.4 Å². The SMILES string of the molecule is c1ccc(N(c2ccc(-c3cccc4c3-c3ccccc3C4(c3ccccc3)c3ccccc3)cc2)c2ccc(-c3cccc4c3oc3c5ccccc5ccc43)cc2)cc1. The molecule has 61 heavy (non-hydrogen) atoms. The number of hydrogen-bond acceptors (Lipinski definition) is 2. The molecule has 0 N–H and O–H groups in total. The molecule has 1 aliphatic carbocycles. The highest BCUT2D eigenvalue weighted by Gasteiger charge is 2.46. The lowest BCUT2D eigenvalue weighted by Gasteiger charge is -2.34. The van der Waals surface area contributed by atoms with E-state index in [9.17, 15) is 0 Å². The monoisotopic (exact) mass is 777 g/mol. The molecule has 286 valence electrons. The second-order valence-electron chi connectivity index (χ2n) is 16.0. The average Bonchev–Trinajstić information content (AvgIpc) is 3.88. The third kappa shape index (κ3) is 5.43. The van der Waals surface area contributed by atoms with E-state index in [1.54, 1.807) is 0 Å². The molecule has 0 aliphatic heterocycles. The van der Waals surface area contributed by atoms with Gasteiger partial charge in [0.1, 0.15) is 11.2 Å². The first kappa shape index (κ1) is 35.0. The number of rotatable bonds is 7. The summed E-state index contributed by atoms with van der Waals surface area (Å²) >= 11 is 0. The Labute approximate surface area is 355 Å². The van der Waals surface area contributed by atoms with E-state index in [1.807, 2.05) is 0 Å². The fraction of sp³-hybridized carbons (Fsp3) is 0.0169. The van der Waals surface area contributed by atoms with Gasteiger partial charge in [0.2, 0.25) is 0 Å². The first-order valence-electron chi connectivity index (χ1n) is 21.0. The maximum atomic E-state index is 6.71. The van der Waals surface area contributed by atoms with Crippen molar-refractivity contribution >= 4 is 49.8 Å². The fourth-order valence-corrected chi connectivity index (χ4v) is 10.1. The Balaban J connectivity index is 0.951. The van der Waals surface area contributed by atoms with Gasteiger partial charge in [-0.05, 0) is 97.9 Å². The summed E-state index contributed by atoms with van der Waals surface area (Å²) in [5.74, 6) is 0. The number of fused-ring (bicyclic) bond motifs is 8. The van der Waals surface area contributed by atoms with Crippen LogP contribution in [0.2, 0.25) is 0 Å². The summed E-state index contributed by atoms with van der Waals surface area (Å²) in [5, 5.41) is 4.59. The highest BCUT2D eigenvalue weighted by molar-refractivity contribution is 6.17. The summed E-state index contributed by atoms with van der Waals surface area (Å²) in [6.45, 7) is 0. The van der Waals surface area contributed by atoms with E-state index in [1.165, 1.54) is 49.9 Å². The Bertz CT molecular complexity index is 3350. The predicted molar refractivity (Wildman–Crippen MR) is 254 cm³/mol. The van der Waals surface area contributed by atoms with Crippen LogP contribution < -0.4 is 4.90 Å². The minimum Gasteiger partial charge on any atom is -0.455 e. The van der Waals surface area contributed by atoms with Crippen molar-refractivity contribution in [1.82, 2.24) is 0 Å². The van der Waals surface area contributed by atoms with Crippen LogP contribution in [-0.2, 0) is 5.41 Å². The van der Waals surface area contributed by atoms with Gasteiger partial charge in [-0.15, -0.1) is 0 Å². The molecule has 1 heterocycles. The molecule has 11 aromatic rings. The maximum absolute atomic E-state index is 6.71. The third-order valence-electron chi connectivity index (χ3n) is 12.8. The van der Waals surface area contributed by atoms with Crippen LogP contribution in [0, 0.1) is 0 Å². The second-order valence-corrected chi connectivity index (χ2v) is 16.0. The summed E-state index contributed by atoms with van der Waals surface area (Å²) in [6.07, 6.45) is 0. The zero-order chi connectivity index (χ0) is 40.3. The van der Waals surface area contributed by atoms with Crippen LogP contribution in [0.1, 0.15) is 22.3 Å². The van der Waals surface area contributed by atoms with Crippen LogP contribution in [0.3, 0.4) is 0 Å². The minimum atomic E-state index is -0.440. The van der Waals surface area contributed by atoms with Gasteiger partial charge < -0.3 is 9.32 Å². The molecule has 0 fully saturated rings. The summed E-state index contributed by atoms with van der Waals surface area (Å²) in [7, 11) is 0. The van der Waals surface area contributed by atoms with Crippen molar-refractivity contribution in [2.75, 3.05) is 4.90 Å². The molecule has 12 rings (SSSR count). The lowest BCUT2D eigenvalue weighted by Crippen LogP contribution is -2.28. The van der Waals surface area contributed by atoms with E-state index in [0.29, 0.717) is 0 Å². The smallest absolute Gasteiger partial charge is 0.143 e. The minimum absolute atomic E-state index is 0.440. The van der Waals surface area contributed by atoms with Crippen molar-refractivity contribution in [2.24, 2.45) is 0 Å². The van der Waals surface area contributed by atoms with Crippen LogP contribution in [-0.4, -0.2) is 0 Å². The zero-order valence-corrected chi connectivity index (χ0v) is 33.4. The number of benzene rings is 10. The van der Waals surface area contributed by atoms with Gasteiger partial charge in [0.15, 0.2) is 0 Å². The Hall–Kier alpha value is -7.94. The maximum Gasteiger partial charge on any atom is 0.143 e. The van der Waals surface area contributed by atoms with Gasteiger partial charge in [-0.2, -0.15) is 0 Å². The van der Waals surface area contributed by atoms with Crippen LogP contribution in [0.4, 0.5) is 17.1 Å². The Kier molecular flexibility index (Phi) is 8.11. The van der Waals surface area contributed by atoms with Gasteiger partial charge >= 0.3 is 0 Å². The van der Waals surface area contributed by atoms with Crippen LogP contribution in [0.5, 0.6) is 0 Å². The molecule has 0 bridgehead atoms. The number of nitrogens with zero attached hydrogens (tertiary/aromatic N) is 1. The number of para-hydroxylation sites is 2. The number of anilines is 3. The Morgan fingerprint density at radius 3 is 1.51 bits per heavy atom. The van der Waals surface area contributed by atoms with Gasteiger partial charge in [-0.1, -0.05) is 194 Å². The summed E-state index contributed by atoms with van der Waals surface area (Å²) < 4.78 is 6.71. The largest absolute Gasteiger partial charge is 0.455 e. The van der Waals surface area contributed by atoms with Crippen LogP contribution in [0.15, 0.2) is 241 Å². The van der Waals surface area contributed by atoms with Crippen molar-refractivity contribution in [3.63, 3.8) is 0 Å². The summed E-state index contributed by atoms with van der Waals surface area (Å²) in [4.78, 5) is 2.34. The summed E-state index contributed by atoms with van der Waals surface area (Å²) in [6, 6.07) is 85.8. The van der Waals surface area contributed by atoms with E-state index in [-0.39, 0.29) is 0 Å². The molecular weight excluding hydrogens is 739 g/mol. The molecule has 0 spiro atoms. The average molecular weight is 778 g/mol. The molecule has 2 nitrogen and oxygen atoms in total. The van der Waals surface area contributed by atoms with E-state index >= 15 is 0 Å². The van der Waals surface area contributed by atoms with Crippen molar-refractivity contribution in [2.45, 2.75) is 5.41 Å². The molecular formula is C59H39NO. The predicted octanol–water partition coefficient (Wildman–Crippen LogP) is 15.9. The molecule has 0 radical (unpaired) electrons. The zero-order valence-electron chi connectivity index (χ0n) is 33.4. The Morgan fingerprint density at radius 2 is 0.803 bits per heavy atom. The molecule has 1 aromatic heterocycles. The number of furan rings is 1. The lowest BCUT2D eigenvalue weighted by atomic mass is 9.67. The number of hydrogen-bond donors (Lipinski definition) is 0. The molecule has 0 saturated heterocycles. The van der Waals surface area contributed by atoms with Crippen molar-refractivity contribution in [3.05, 3.63) is 259 Å². The normalized spacial score (nSPS) is 12.7.